The average molecular weight is 365 g/mol. The van der Waals surface area contributed by atoms with Crippen molar-refractivity contribution < 1.29 is 9.59 Å². The Morgan fingerprint density at radius 2 is 1.79 bits per heavy atom. The first-order chi connectivity index (χ1) is 11.4. The van der Waals surface area contributed by atoms with Gasteiger partial charge in [0.15, 0.2) is 4.77 Å². The predicted octanol–water partition coefficient (Wildman–Crippen LogP) is 3.19. The number of nitrogens with zero attached hydrogens (tertiary/aromatic N) is 1. The van der Waals surface area contributed by atoms with Crippen LogP contribution in [0.25, 0.3) is 11.1 Å². The first-order valence-corrected chi connectivity index (χ1v) is 11.2. The van der Waals surface area contributed by atoms with Crippen molar-refractivity contribution in [2.75, 3.05) is 0 Å². The van der Waals surface area contributed by atoms with Gasteiger partial charge in [0.25, 0.3) is 5.56 Å². The number of aryl methyl sites for hydroxylation is 1. The number of benzene rings is 1. The number of aromatic amines is 1. The van der Waals surface area contributed by atoms with E-state index in [4.69, 9.17) is 12.2 Å². The lowest BCUT2D eigenvalue weighted by molar-refractivity contribution is 0.366. The molecule has 1 aromatic heterocycles. The summed E-state index contributed by atoms with van der Waals surface area (Å²) in [6.45, 7) is 2.28. The predicted molar refractivity (Wildman–Crippen MR) is 101 cm³/mol. The van der Waals surface area contributed by atoms with Gasteiger partial charge in [0.2, 0.25) is 0 Å². The number of hydrogen-bond acceptors (Lipinski definition) is 4. The minimum Gasteiger partial charge on any atom is -0.411 e. The van der Waals surface area contributed by atoms with Gasteiger partial charge in [-0.3, -0.25) is 9.78 Å². The molecule has 0 fully saturated rings. The molecule has 2 aromatic rings. The highest BCUT2D eigenvalue weighted by molar-refractivity contribution is 7.71. The van der Waals surface area contributed by atoms with Crippen LogP contribution in [0.2, 0.25) is 12.6 Å². The molecule has 0 bridgehead atoms. The Hall–Kier alpha value is -1.54. The van der Waals surface area contributed by atoms with Crippen LogP contribution in [0.1, 0.15) is 25.7 Å². The fourth-order valence-electron chi connectivity index (χ4n) is 2.59. The van der Waals surface area contributed by atoms with Gasteiger partial charge in [-0.2, -0.15) is 0 Å². The molecule has 0 aliphatic carbocycles. The fraction of sp³-hybridized carbons (Fsp3) is 0.412. The van der Waals surface area contributed by atoms with Crippen LogP contribution in [0, 0.1) is 4.77 Å². The van der Waals surface area contributed by atoms with Gasteiger partial charge in [-0.1, -0.05) is 49.6 Å². The molecule has 0 amide bonds. The average Bonchev–Trinajstić information content (AvgIpc) is 2.52. The molecular weight excluding hydrogens is 340 g/mol. The minimum absolute atomic E-state index is 0.169. The maximum Gasteiger partial charge on any atom is 0.329 e. The van der Waals surface area contributed by atoms with E-state index in [0.717, 1.165) is 37.8 Å². The third kappa shape index (κ3) is 5.83. The summed E-state index contributed by atoms with van der Waals surface area (Å²) in [5.74, 6) is 0. The quantitative estimate of drug-likeness (QED) is 0.382. The second-order valence-electron chi connectivity index (χ2n) is 6.24. The lowest BCUT2D eigenvalue weighted by Gasteiger charge is -2.11. The maximum absolute atomic E-state index is 12.1. The third-order valence-electron chi connectivity index (χ3n) is 3.90. The number of unbranched alkanes of at least 4 members (excludes halogenated alkanes) is 3. The molecule has 0 spiro atoms. The topological polar surface area (TPSA) is 78.2 Å². The maximum atomic E-state index is 12.1. The molecule has 2 rings (SSSR count). The molecule has 3 N–H and O–H groups in total. The summed E-state index contributed by atoms with van der Waals surface area (Å²) in [7, 11) is -2.90. The summed E-state index contributed by atoms with van der Waals surface area (Å²) in [4.78, 5) is 33.7. The summed E-state index contributed by atoms with van der Waals surface area (Å²) < 4.78 is 2.33. The van der Waals surface area contributed by atoms with Crippen LogP contribution in [0.5, 0.6) is 0 Å². The highest BCUT2D eigenvalue weighted by Gasteiger charge is 2.19. The standard InChI is InChI=1S/C17H24N2O3SSi/c1-24(21,22)12-8-3-2-7-11-19-13-15(16(20)18-17(19)23)14-9-5-4-6-10-14/h4-6,9-10,13,21-22H,2-3,7-8,11-12H2,1H3,(H,18,20,23). The lowest BCUT2D eigenvalue weighted by atomic mass is 10.1. The number of H-pyrrole nitrogens is 1. The number of hydrogen-bond donors (Lipinski definition) is 3. The monoisotopic (exact) mass is 364 g/mol. The second kappa shape index (κ2) is 8.52. The Morgan fingerprint density at radius 1 is 1.12 bits per heavy atom. The Morgan fingerprint density at radius 3 is 2.46 bits per heavy atom. The zero-order chi connectivity index (χ0) is 17.6. The summed E-state index contributed by atoms with van der Waals surface area (Å²) in [6.07, 6.45) is 5.55. The SMILES string of the molecule is C[Si](O)(O)CCCCCCn1cc(-c2ccccc2)c(=O)[nH]c1=S. The summed E-state index contributed by atoms with van der Waals surface area (Å²) in [6, 6.07) is 10.1. The first kappa shape index (κ1) is 18.8. The van der Waals surface area contributed by atoms with E-state index in [9.17, 15) is 14.4 Å². The molecule has 0 aliphatic heterocycles. The van der Waals surface area contributed by atoms with Gasteiger partial charge in [0, 0.05) is 12.7 Å². The van der Waals surface area contributed by atoms with Gasteiger partial charge in [-0.05, 0) is 36.8 Å². The van der Waals surface area contributed by atoms with Crippen LogP contribution in [-0.4, -0.2) is 27.7 Å². The Kier molecular flexibility index (Phi) is 6.67. The smallest absolute Gasteiger partial charge is 0.329 e. The molecular formula is C17H24N2O3SSi. The second-order valence-corrected chi connectivity index (χ2v) is 9.56. The summed E-state index contributed by atoms with van der Waals surface area (Å²) >= 11 is 5.25. The highest BCUT2D eigenvalue weighted by Crippen LogP contribution is 2.15. The normalized spacial score (nSPS) is 11.6. The van der Waals surface area contributed by atoms with E-state index in [1.807, 2.05) is 41.1 Å². The molecule has 0 aliphatic rings. The molecule has 0 radical (unpaired) electrons. The summed E-state index contributed by atoms with van der Waals surface area (Å²) in [5, 5.41) is 0. The summed E-state index contributed by atoms with van der Waals surface area (Å²) in [5.41, 5.74) is 1.32. The zero-order valence-corrected chi connectivity index (χ0v) is 15.7. The van der Waals surface area contributed by atoms with Gasteiger partial charge in [0.05, 0.1) is 5.56 Å². The zero-order valence-electron chi connectivity index (χ0n) is 13.9. The van der Waals surface area contributed by atoms with Gasteiger partial charge >= 0.3 is 8.56 Å². The molecule has 0 atom stereocenters. The number of rotatable bonds is 8. The Labute approximate surface area is 147 Å². The third-order valence-corrected chi connectivity index (χ3v) is 5.53. The van der Waals surface area contributed by atoms with Gasteiger partial charge in [-0.25, -0.2) is 0 Å². The minimum atomic E-state index is -2.90. The van der Waals surface area contributed by atoms with Crippen LogP contribution in [0.15, 0.2) is 41.3 Å². The lowest BCUT2D eigenvalue weighted by Crippen LogP contribution is -2.29. The van der Waals surface area contributed by atoms with E-state index >= 15 is 0 Å². The molecule has 1 heterocycles. The molecule has 130 valence electrons. The van der Waals surface area contributed by atoms with Crippen LogP contribution < -0.4 is 5.56 Å². The van der Waals surface area contributed by atoms with Crippen molar-refractivity contribution in [2.24, 2.45) is 0 Å². The van der Waals surface area contributed by atoms with Gasteiger partial charge in [0.1, 0.15) is 0 Å². The largest absolute Gasteiger partial charge is 0.411 e. The van der Waals surface area contributed by atoms with Crippen LogP contribution >= 0.6 is 12.2 Å². The van der Waals surface area contributed by atoms with E-state index in [1.165, 1.54) is 6.55 Å². The Balaban J connectivity index is 1.96. The van der Waals surface area contributed by atoms with E-state index in [-0.39, 0.29) is 5.56 Å². The van der Waals surface area contributed by atoms with E-state index in [1.54, 1.807) is 0 Å². The van der Waals surface area contributed by atoms with Crippen molar-refractivity contribution >= 4 is 20.8 Å². The van der Waals surface area contributed by atoms with Crippen LogP contribution in [0.3, 0.4) is 0 Å². The van der Waals surface area contributed by atoms with E-state index in [0.29, 0.717) is 16.4 Å². The van der Waals surface area contributed by atoms with Gasteiger partial charge in [-0.15, -0.1) is 0 Å². The first-order valence-electron chi connectivity index (χ1n) is 8.21. The highest BCUT2D eigenvalue weighted by atomic mass is 32.1. The van der Waals surface area contributed by atoms with Crippen molar-refractivity contribution in [2.45, 2.75) is 44.8 Å². The van der Waals surface area contributed by atoms with Crippen molar-refractivity contribution in [1.29, 1.82) is 0 Å². The molecule has 0 unspecified atom stereocenters. The number of aromatic nitrogens is 2. The molecule has 5 nitrogen and oxygen atoms in total. The fourth-order valence-corrected chi connectivity index (χ4v) is 3.75. The Bertz CT molecular complexity index is 766. The van der Waals surface area contributed by atoms with Crippen LogP contribution in [-0.2, 0) is 6.54 Å². The van der Waals surface area contributed by atoms with Crippen molar-refractivity contribution in [3.05, 3.63) is 51.7 Å². The van der Waals surface area contributed by atoms with Crippen LogP contribution in [0.4, 0.5) is 0 Å². The van der Waals surface area contributed by atoms with Gasteiger partial charge < -0.3 is 14.2 Å². The van der Waals surface area contributed by atoms with Crippen molar-refractivity contribution in [3.63, 3.8) is 0 Å². The van der Waals surface area contributed by atoms with E-state index in [2.05, 4.69) is 4.98 Å². The molecule has 0 saturated heterocycles. The van der Waals surface area contributed by atoms with E-state index < -0.39 is 8.56 Å². The van der Waals surface area contributed by atoms with Crippen molar-refractivity contribution in [1.82, 2.24) is 9.55 Å². The molecule has 0 saturated carbocycles. The molecule has 1 aromatic carbocycles. The molecule has 7 heteroatoms. The number of nitrogens with one attached hydrogen (secondary N) is 1. The van der Waals surface area contributed by atoms with Crippen molar-refractivity contribution in [3.8, 4) is 11.1 Å². The molecule has 24 heavy (non-hydrogen) atoms.